The highest BCUT2D eigenvalue weighted by Crippen LogP contribution is 2.34. The molecule has 2 aromatic heterocycles. The summed E-state index contributed by atoms with van der Waals surface area (Å²) in [6, 6.07) is 5.16. The number of aromatic hydroxyl groups is 1. The lowest BCUT2D eigenvalue weighted by Crippen LogP contribution is -1.92. The molecule has 0 radical (unpaired) electrons. The van der Waals surface area contributed by atoms with E-state index < -0.39 is 5.97 Å². The SMILES string of the molecule is CC(=O)O.CCCc1nc2c(N)nc3cc(O)ccc3c2s1. The van der Waals surface area contributed by atoms with Gasteiger partial charge in [0.25, 0.3) is 5.97 Å². The molecule has 116 valence electrons. The van der Waals surface area contributed by atoms with Crippen molar-refractivity contribution < 1.29 is 15.0 Å². The molecule has 3 rings (SSSR count). The van der Waals surface area contributed by atoms with E-state index in [9.17, 15) is 5.11 Å². The van der Waals surface area contributed by atoms with Crippen LogP contribution in [0.5, 0.6) is 5.75 Å². The molecule has 0 unspecified atom stereocenters. The van der Waals surface area contributed by atoms with Crippen molar-refractivity contribution in [1.29, 1.82) is 0 Å². The molecule has 7 heteroatoms. The number of aryl methyl sites for hydroxylation is 1. The molecule has 4 N–H and O–H groups in total. The number of anilines is 1. The summed E-state index contributed by atoms with van der Waals surface area (Å²) in [5.41, 5.74) is 7.43. The summed E-state index contributed by atoms with van der Waals surface area (Å²) in [5.74, 6) is -0.200. The highest BCUT2D eigenvalue weighted by atomic mass is 32.1. The number of rotatable bonds is 2. The van der Waals surface area contributed by atoms with E-state index in [0.717, 1.165) is 40.4 Å². The van der Waals surface area contributed by atoms with E-state index in [1.54, 1.807) is 23.5 Å². The van der Waals surface area contributed by atoms with Crippen molar-refractivity contribution >= 4 is 44.2 Å². The first-order valence-corrected chi connectivity index (χ1v) is 7.61. The average Bonchev–Trinajstić information content (AvgIpc) is 2.83. The second kappa shape index (κ2) is 6.57. The number of nitrogen functional groups attached to an aromatic ring is 1. The number of nitrogens with zero attached hydrogens (tertiary/aromatic N) is 2. The van der Waals surface area contributed by atoms with Crippen molar-refractivity contribution in [1.82, 2.24) is 9.97 Å². The van der Waals surface area contributed by atoms with Gasteiger partial charge in [0.2, 0.25) is 0 Å². The average molecular weight is 319 g/mol. The molecule has 0 aliphatic carbocycles. The highest BCUT2D eigenvalue weighted by Gasteiger charge is 2.12. The quantitative estimate of drug-likeness (QED) is 0.669. The van der Waals surface area contributed by atoms with E-state index in [2.05, 4.69) is 16.9 Å². The van der Waals surface area contributed by atoms with Gasteiger partial charge in [-0.3, -0.25) is 4.79 Å². The number of carboxylic acids is 1. The zero-order chi connectivity index (χ0) is 16.3. The fourth-order valence-corrected chi connectivity index (χ4v) is 3.24. The van der Waals surface area contributed by atoms with Gasteiger partial charge in [-0.25, -0.2) is 9.97 Å². The topological polar surface area (TPSA) is 109 Å². The number of hydrogen-bond donors (Lipinski definition) is 3. The number of nitrogens with two attached hydrogens (primary N) is 1. The zero-order valence-corrected chi connectivity index (χ0v) is 13.1. The minimum atomic E-state index is -0.833. The number of carbonyl (C=O) groups is 1. The molecule has 0 atom stereocenters. The monoisotopic (exact) mass is 319 g/mol. The lowest BCUT2D eigenvalue weighted by atomic mass is 10.2. The number of hydrogen-bond acceptors (Lipinski definition) is 6. The highest BCUT2D eigenvalue weighted by molar-refractivity contribution is 7.19. The van der Waals surface area contributed by atoms with Crippen LogP contribution in [0.4, 0.5) is 5.82 Å². The molecule has 0 saturated heterocycles. The van der Waals surface area contributed by atoms with Gasteiger partial charge in [0.1, 0.15) is 11.3 Å². The molecule has 0 bridgehead atoms. The van der Waals surface area contributed by atoms with Crippen molar-refractivity contribution in [2.45, 2.75) is 26.7 Å². The summed E-state index contributed by atoms with van der Waals surface area (Å²) >= 11 is 1.66. The number of aliphatic carboxylic acids is 1. The lowest BCUT2D eigenvalue weighted by Gasteiger charge is -2.01. The van der Waals surface area contributed by atoms with Gasteiger partial charge in [0.15, 0.2) is 5.82 Å². The van der Waals surface area contributed by atoms with Crippen LogP contribution in [0.2, 0.25) is 0 Å². The van der Waals surface area contributed by atoms with E-state index in [0.29, 0.717) is 11.3 Å². The predicted molar refractivity (Wildman–Crippen MR) is 88.3 cm³/mol. The fourth-order valence-electron chi connectivity index (χ4n) is 2.03. The maximum absolute atomic E-state index is 9.49. The van der Waals surface area contributed by atoms with Crippen LogP contribution in [-0.2, 0) is 11.2 Å². The summed E-state index contributed by atoms with van der Waals surface area (Å²) < 4.78 is 1.06. The Hall–Kier alpha value is -2.41. The van der Waals surface area contributed by atoms with Crippen molar-refractivity contribution in [3.63, 3.8) is 0 Å². The molecule has 0 spiro atoms. The number of fused-ring (bicyclic) bond motifs is 3. The maximum Gasteiger partial charge on any atom is 0.300 e. The number of carboxylic acid groups (broad SMARTS) is 1. The fraction of sp³-hybridized carbons (Fsp3) is 0.267. The Balaban J connectivity index is 0.000000396. The lowest BCUT2D eigenvalue weighted by molar-refractivity contribution is -0.134. The normalized spacial score (nSPS) is 10.5. The third kappa shape index (κ3) is 3.43. The van der Waals surface area contributed by atoms with Gasteiger partial charge in [0, 0.05) is 18.4 Å². The van der Waals surface area contributed by atoms with Crippen LogP contribution in [0.15, 0.2) is 18.2 Å². The first-order chi connectivity index (χ1) is 10.4. The molecule has 22 heavy (non-hydrogen) atoms. The largest absolute Gasteiger partial charge is 0.508 e. The summed E-state index contributed by atoms with van der Waals surface area (Å²) in [6.45, 7) is 3.21. The van der Waals surface area contributed by atoms with Gasteiger partial charge in [-0.2, -0.15) is 0 Å². The standard InChI is InChI=1S/C13H13N3OS.C2H4O2/c1-2-3-10-16-11-12(18-10)8-5-4-7(17)6-9(8)15-13(11)14;1-2(3)4/h4-6,17H,2-3H2,1H3,(H2,14,15);1H3,(H,3,4). The molecule has 2 heterocycles. The van der Waals surface area contributed by atoms with E-state index in [-0.39, 0.29) is 5.75 Å². The van der Waals surface area contributed by atoms with Gasteiger partial charge in [-0.1, -0.05) is 6.92 Å². The molecule has 0 saturated carbocycles. The van der Waals surface area contributed by atoms with Crippen LogP contribution in [-0.4, -0.2) is 26.2 Å². The van der Waals surface area contributed by atoms with Crippen molar-refractivity contribution in [2.24, 2.45) is 0 Å². The van der Waals surface area contributed by atoms with Gasteiger partial charge in [0.05, 0.1) is 15.2 Å². The van der Waals surface area contributed by atoms with Gasteiger partial charge in [-0.05, 0) is 25.0 Å². The number of aromatic nitrogens is 2. The van der Waals surface area contributed by atoms with Crippen LogP contribution in [0.3, 0.4) is 0 Å². The Morgan fingerprint density at radius 1 is 1.36 bits per heavy atom. The van der Waals surface area contributed by atoms with Gasteiger partial charge < -0.3 is 15.9 Å². The number of phenols is 1. The van der Waals surface area contributed by atoms with Gasteiger partial charge in [-0.15, -0.1) is 11.3 Å². The molecular formula is C15H17N3O3S. The Bertz CT molecular complexity index is 826. The van der Waals surface area contributed by atoms with Crippen LogP contribution in [0.1, 0.15) is 25.3 Å². The van der Waals surface area contributed by atoms with Gasteiger partial charge >= 0.3 is 0 Å². The predicted octanol–water partition coefficient (Wildman–Crippen LogP) is 3.18. The molecule has 0 aliphatic heterocycles. The maximum atomic E-state index is 9.49. The van der Waals surface area contributed by atoms with Crippen LogP contribution < -0.4 is 5.73 Å². The molecule has 3 aromatic rings. The molecular weight excluding hydrogens is 302 g/mol. The minimum Gasteiger partial charge on any atom is -0.508 e. The third-order valence-electron chi connectivity index (χ3n) is 2.84. The summed E-state index contributed by atoms with van der Waals surface area (Å²) in [7, 11) is 0. The van der Waals surface area contributed by atoms with E-state index >= 15 is 0 Å². The van der Waals surface area contributed by atoms with E-state index in [4.69, 9.17) is 15.6 Å². The molecule has 6 nitrogen and oxygen atoms in total. The number of thiazole rings is 1. The van der Waals surface area contributed by atoms with Crippen LogP contribution in [0, 0.1) is 0 Å². The van der Waals surface area contributed by atoms with E-state index in [1.807, 2.05) is 6.07 Å². The summed E-state index contributed by atoms with van der Waals surface area (Å²) in [4.78, 5) is 17.8. The number of pyridine rings is 1. The number of benzene rings is 1. The Labute approximate surface area is 131 Å². The van der Waals surface area contributed by atoms with Crippen molar-refractivity contribution in [3.05, 3.63) is 23.2 Å². The Morgan fingerprint density at radius 3 is 2.68 bits per heavy atom. The summed E-state index contributed by atoms with van der Waals surface area (Å²) in [6.07, 6.45) is 2.02. The first-order valence-electron chi connectivity index (χ1n) is 6.79. The second-order valence-corrected chi connectivity index (χ2v) is 5.84. The zero-order valence-electron chi connectivity index (χ0n) is 12.3. The molecule has 0 aliphatic rings. The van der Waals surface area contributed by atoms with E-state index in [1.165, 1.54) is 0 Å². The van der Waals surface area contributed by atoms with Crippen molar-refractivity contribution in [2.75, 3.05) is 5.73 Å². The van der Waals surface area contributed by atoms with Crippen LogP contribution >= 0.6 is 11.3 Å². The molecule has 0 amide bonds. The number of phenolic OH excluding ortho intramolecular Hbond substituents is 1. The smallest absolute Gasteiger partial charge is 0.300 e. The first kappa shape index (κ1) is 16.0. The second-order valence-electron chi connectivity index (χ2n) is 4.75. The summed E-state index contributed by atoms with van der Waals surface area (Å²) in [5, 5.41) is 19.0. The molecule has 0 fully saturated rings. The minimum absolute atomic E-state index is 0.201. The molecule has 1 aromatic carbocycles. The van der Waals surface area contributed by atoms with Crippen LogP contribution in [0.25, 0.3) is 21.1 Å². The van der Waals surface area contributed by atoms with Crippen molar-refractivity contribution in [3.8, 4) is 5.75 Å². The Morgan fingerprint density at radius 2 is 2.05 bits per heavy atom. The Kier molecular flexibility index (Phi) is 4.77. The third-order valence-corrected chi connectivity index (χ3v) is 3.99.